The molecule has 14 heavy (non-hydrogen) atoms. The molecule has 0 saturated heterocycles. The molecule has 0 amide bonds. The Bertz CT molecular complexity index is 363. The SMILES string of the molecule is CN(OS(=O)[O-])c1csc(C(=O)O)c1. The number of thiophene rings is 1. The molecule has 78 valence electrons. The van der Waals surface area contributed by atoms with Crippen LogP contribution in [0, 0.1) is 0 Å². The lowest BCUT2D eigenvalue weighted by Crippen LogP contribution is -2.18. The van der Waals surface area contributed by atoms with Gasteiger partial charge in [-0.3, -0.25) is 0 Å². The molecule has 1 N–H and O–H groups in total. The minimum absolute atomic E-state index is 0.118. The maximum atomic E-state index is 10.5. The molecule has 1 aromatic rings. The molecule has 6 nitrogen and oxygen atoms in total. The standard InChI is InChI=1S/C6H7NO5S2/c1-7(12-14(10)11)4-2-5(6(8)9)13-3-4/h2-3H,1H3,(H,8,9)(H,10,11)/p-1. The van der Waals surface area contributed by atoms with E-state index < -0.39 is 17.3 Å². The molecule has 0 fully saturated rings. The van der Waals surface area contributed by atoms with Crippen molar-refractivity contribution >= 4 is 34.4 Å². The summed E-state index contributed by atoms with van der Waals surface area (Å²) in [5, 5.41) is 11.0. The Morgan fingerprint density at radius 2 is 2.43 bits per heavy atom. The van der Waals surface area contributed by atoms with Crippen LogP contribution in [-0.4, -0.2) is 26.9 Å². The second-order valence-electron chi connectivity index (χ2n) is 2.25. The molecule has 0 radical (unpaired) electrons. The Labute approximate surface area is 86.2 Å². The van der Waals surface area contributed by atoms with Crippen LogP contribution in [0.4, 0.5) is 5.69 Å². The molecule has 0 aliphatic rings. The normalized spacial score (nSPS) is 12.4. The molecule has 1 heterocycles. The highest BCUT2D eigenvalue weighted by atomic mass is 32.2. The predicted octanol–water partition coefficient (Wildman–Crippen LogP) is 0.608. The average molecular weight is 236 g/mol. The predicted molar refractivity (Wildman–Crippen MR) is 49.7 cm³/mol. The van der Waals surface area contributed by atoms with Crippen molar-refractivity contribution in [1.82, 2.24) is 0 Å². The maximum Gasteiger partial charge on any atom is 0.345 e. The van der Waals surface area contributed by atoms with Crippen molar-refractivity contribution in [2.45, 2.75) is 0 Å². The molecule has 0 aromatic carbocycles. The van der Waals surface area contributed by atoms with Crippen LogP contribution in [0.5, 0.6) is 0 Å². The van der Waals surface area contributed by atoms with Gasteiger partial charge >= 0.3 is 5.97 Å². The first-order valence-corrected chi connectivity index (χ1v) is 5.22. The van der Waals surface area contributed by atoms with E-state index in [1.807, 2.05) is 0 Å². The van der Waals surface area contributed by atoms with E-state index in [2.05, 4.69) is 4.28 Å². The summed E-state index contributed by atoms with van der Waals surface area (Å²) in [5.41, 5.74) is 0.372. The number of anilines is 1. The minimum Gasteiger partial charge on any atom is -0.748 e. The molecule has 0 spiro atoms. The Kier molecular flexibility index (Phi) is 3.58. The van der Waals surface area contributed by atoms with Crippen molar-refractivity contribution in [3.8, 4) is 0 Å². The minimum atomic E-state index is -2.66. The molecule has 0 aliphatic heterocycles. The van der Waals surface area contributed by atoms with Crippen LogP contribution in [0.25, 0.3) is 0 Å². The fourth-order valence-corrected chi connectivity index (χ4v) is 1.76. The Balaban J connectivity index is 2.76. The topological polar surface area (TPSA) is 89.9 Å². The van der Waals surface area contributed by atoms with Gasteiger partial charge in [0.15, 0.2) is 0 Å². The molecular weight excluding hydrogens is 230 g/mol. The summed E-state index contributed by atoms with van der Waals surface area (Å²) in [4.78, 5) is 10.6. The lowest BCUT2D eigenvalue weighted by atomic mass is 10.4. The van der Waals surface area contributed by atoms with Gasteiger partial charge in [-0.05, 0) is 6.07 Å². The van der Waals surface area contributed by atoms with Gasteiger partial charge in [-0.1, -0.05) is 0 Å². The number of hydrogen-bond donors (Lipinski definition) is 1. The van der Waals surface area contributed by atoms with Crippen molar-refractivity contribution in [1.29, 1.82) is 0 Å². The lowest BCUT2D eigenvalue weighted by molar-refractivity contribution is 0.0702. The van der Waals surface area contributed by atoms with Gasteiger partial charge < -0.3 is 9.66 Å². The number of rotatable bonds is 4. The third-order valence-corrected chi connectivity index (χ3v) is 2.58. The van der Waals surface area contributed by atoms with Gasteiger partial charge in [0.05, 0.1) is 5.69 Å². The van der Waals surface area contributed by atoms with Crippen LogP contribution in [-0.2, 0) is 15.6 Å². The van der Waals surface area contributed by atoms with Crippen LogP contribution >= 0.6 is 11.3 Å². The van der Waals surface area contributed by atoms with Crippen molar-refractivity contribution in [2.75, 3.05) is 12.1 Å². The van der Waals surface area contributed by atoms with Crippen LogP contribution in [0.15, 0.2) is 11.4 Å². The van der Waals surface area contributed by atoms with E-state index in [0.29, 0.717) is 5.69 Å². The fourth-order valence-electron chi connectivity index (χ4n) is 0.738. The zero-order chi connectivity index (χ0) is 10.7. The van der Waals surface area contributed by atoms with E-state index in [9.17, 15) is 13.6 Å². The lowest BCUT2D eigenvalue weighted by Gasteiger charge is -2.16. The Hall–Kier alpha value is -0.960. The number of nitrogens with zero attached hydrogens (tertiary/aromatic N) is 1. The van der Waals surface area contributed by atoms with E-state index in [1.165, 1.54) is 18.5 Å². The number of carboxylic acid groups (broad SMARTS) is 1. The van der Waals surface area contributed by atoms with Gasteiger partial charge in [-0.25, -0.2) is 14.1 Å². The third kappa shape index (κ3) is 2.77. The van der Waals surface area contributed by atoms with E-state index >= 15 is 0 Å². The Morgan fingerprint density at radius 3 is 2.86 bits per heavy atom. The monoisotopic (exact) mass is 236 g/mol. The highest BCUT2D eigenvalue weighted by molar-refractivity contribution is 7.74. The molecule has 0 saturated carbocycles. The van der Waals surface area contributed by atoms with Crippen molar-refractivity contribution in [2.24, 2.45) is 0 Å². The van der Waals surface area contributed by atoms with E-state index in [1.54, 1.807) is 0 Å². The second kappa shape index (κ2) is 4.51. The highest BCUT2D eigenvalue weighted by Gasteiger charge is 2.10. The van der Waals surface area contributed by atoms with Crippen molar-refractivity contribution < 1.29 is 22.9 Å². The number of hydrogen-bond acceptors (Lipinski definition) is 6. The second-order valence-corrected chi connectivity index (χ2v) is 3.72. The molecule has 1 aromatic heterocycles. The molecule has 1 atom stereocenters. The third-order valence-electron chi connectivity index (χ3n) is 1.33. The van der Waals surface area contributed by atoms with Gasteiger partial charge in [0.25, 0.3) is 0 Å². The quantitative estimate of drug-likeness (QED) is 0.608. The number of carboxylic acids is 1. The maximum absolute atomic E-state index is 10.5. The van der Waals surface area contributed by atoms with Gasteiger partial charge in [0.2, 0.25) is 0 Å². The van der Waals surface area contributed by atoms with E-state index in [0.717, 1.165) is 16.4 Å². The van der Waals surface area contributed by atoms with Gasteiger partial charge in [0, 0.05) is 12.4 Å². The highest BCUT2D eigenvalue weighted by Crippen LogP contribution is 2.22. The van der Waals surface area contributed by atoms with E-state index in [4.69, 9.17) is 5.11 Å². The smallest absolute Gasteiger partial charge is 0.345 e. The summed E-state index contributed by atoms with van der Waals surface area (Å²) in [7, 11) is 1.36. The molecule has 1 rings (SSSR count). The van der Waals surface area contributed by atoms with Crippen LogP contribution in [0.2, 0.25) is 0 Å². The summed E-state index contributed by atoms with van der Waals surface area (Å²) in [6.45, 7) is 0. The van der Waals surface area contributed by atoms with Crippen LogP contribution in [0.3, 0.4) is 0 Å². The van der Waals surface area contributed by atoms with Crippen LogP contribution < -0.4 is 5.06 Å². The first-order valence-electron chi connectivity index (χ1n) is 3.34. The molecule has 1 unspecified atom stereocenters. The van der Waals surface area contributed by atoms with E-state index in [-0.39, 0.29) is 4.88 Å². The average Bonchev–Trinajstić information content (AvgIpc) is 2.50. The Morgan fingerprint density at radius 1 is 1.79 bits per heavy atom. The summed E-state index contributed by atoms with van der Waals surface area (Å²) < 4.78 is 24.6. The van der Waals surface area contributed by atoms with Crippen LogP contribution in [0.1, 0.15) is 9.67 Å². The number of aromatic carboxylic acids is 1. The summed E-state index contributed by atoms with van der Waals surface area (Å²) in [5.74, 6) is -1.06. The summed E-state index contributed by atoms with van der Waals surface area (Å²) in [6, 6.07) is 1.32. The summed E-state index contributed by atoms with van der Waals surface area (Å²) >= 11 is -1.67. The largest absolute Gasteiger partial charge is 0.748 e. The number of hydroxylamine groups is 1. The molecule has 8 heteroatoms. The van der Waals surface area contributed by atoms with Gasteiger partial charge in [0.1, 0.15) is 16.2 Å². The van der Waals surface area contributed by atoms with Gasteiger partial charge in [-0.2, -0.15) is 4.28 Å². The number of carbonyl (C=O) groups is 1. The zero-order valence-electron chi connectivity index (χ0n) is 7.00. The zero-order valence-corrected chi connectivity index (χ0v) is 8.63. The first-order chi connectivity index (χ1) is 6.50. The molecule has 0 aliphatic carbocycles. The van der Waals surface area contributed by atoms with Crippen molar-refractivity contribution in [3.63, 3.8) is 0 Å². The van der Waals surface area contributed by atoms with Crippen molar-refractivity contribution in [3.05, 3.63) is 16.3 Å². The summed E-state index contributed by atoms with van der Waals surface area (Å²) in [6.07, 6.45) is 0. The molecular formula is C6H6NO5S2-. The first kappa shape index (κ1) is 11.1. The fraction of sp³-hybridized carbons (Fsp3) is 0.167. The van der Waals surface area contributed by atoms with Gasteiger partial charge in [-0.15, -0.1) is 11.3 Å². The molecule has 0 bridgehead atoms.